The van der Waals surface area contributed by atoms with Crippen LogP contribution in [-0.2, 0) is 4.79 Å². The number of hydrogen-bond donors (Lipinski definition) is 2. The minimum atomic E-state index is -0.205. The van der Waals surface area contributed by atoms with Crippen LogP contribution < -0.4 is 16.2 Å². The van der Waals surface area contributed by atoms with E-state index in [-0.39, 0.29) is 11.5 Å². The second kappa shape index (κ2) is 10.4. The molecule has 0 bridgehead atoms. The van der Waals surface area contributed by atoms with Crippen LogP contribution >= 0.6 is 0 Å². The van der Waals surface area contributed by atoms with Crippen molar-refractivity contribution in [1.29, 1.82) is 5.26 Å². The topological polar surface area (TPSA) is 99.8 Å². The summed E-state index contributed by atoms with van der Waals surface area (Å²) in [6, 6.07) is 23.6. The molecule has 0 atom stereocenters. The van der Waals surface area contributed by atoms with E-state index in [1.54, 1.807) is 67.7 Å². The number of hydrogen-bond acceptors (Lipinski definition) is 5. The van der Waals surface area contributed by atoms with Crippen LogP contribution in [0.4, 0.5) is 5.69 Å². The molecule has 1 heterocycles. The van der Waals surface area contributed by atoms with E-state index >= 15 is 0 Å². The summed E-state index contributed by atoms with van der Waals surface area (Å²) in [6.07, 6.45) is 3.96. The Labute approximate surface area is 197 Å². The highest BCUT2D eigenvalue weighted by Gasteiger charge is 2.12. The van der Waals surface area contributed by atoms with Crippen molar-refractivity contribution in [1.82, 2.24) is 14.9 Å². The van der Waals surface area contributed by atoms with Gasteiger partial charge in [-0.2, -0.15) is 5.26 Å². The molecule has 1 amide bonds. The van der Waals surface area contributed by atoms with Crippen LogP contribution in [0.25, 0.3) is 28.7 Å². The Bertz CT molecular complexity index is 1460. The van der Waals surface area contributed by atoms with E-state index in [0.29, 0.717) is 46.6 Å². The lowest BCUT2D eigenvalue weighted by molar-refractivity contribution is -0.116. The zero-order chi connectivity index (χ0) is 23.9. The molecule has 0 saturated heterocycles. The number of anilines is 1. The van der Waals surface area contributed by atoms with Crippen molar-refractivity contribution in [2.45, 2.75) is 6.42 Å². The first kappa shape index (κ1) is 22.6. The van der Waals surface area contributed by atoms with E-state index in [9.17, 15) is 9.59 Å². The first-order valence-electron chi connectivity index (χ1n) is 10.8. The molecule has 34 heavy (non-hydrogen) atoms. The zero-order valence-corrected chi connectivity index (χ0v) is 18.7. The molecule has 0 unspecified atom stereocenters. The third kappa shape index (κ3) is 5.09. The lowest BCUT2D eigenvalue weighted by atomic mass is 10.1. The summed E-state index contributed by atoms with van der Waals surface area (Å²) in [5.41, 5.74) is 3.03. The highest BCUT2D eigenvalue weighted by molar-refractivity contribution is 5.91. The summed E-state index contributed by atoms with van der Waals surface area (Å²) in [7, 11) is 1.79. The molecular weight excluding hydrogens is 426 g/mol. The molecule has 0 aliphatic rings. The zero-order valence-electron chi connectivity index (χ0n) is 18.7. The monoisotopic (exact) mass is 449 g/mol. The molecule has 0 saturated carbocycles. The van der Waals surface area contributed by atoms with Crippen molar-refractivity contribution >= 4 is 34.6 Å². The number of nitrogens with one attached hydrogen (secondary N) is 2. The van der Waals surface area contributed by atoms with Crippen molar-refractivity contribution < 1.29 is 4.79 Å². The van der Waals surface area contributed by atoms with Gasteiger partial charge in [-0.3, -0.25) is 14.2 Å². The van der Waals surface area contributed by atoms with E-state index in [2.05, 4.69) is 16.7 Å². The molecule has 7 nitrogen and oxygen atoms in total. The highest BCUT2D eigenvalue weighted by atomic mass is 16.1. The molecule has 0 aliphatic heterocycles. The number of rotatable bonds is 7. The SMILES string of the molecule is CNCCC(=O)Nc1cccc(-n2c(/C=C/c3ccc(C#N)cc3)nc3ccccc3c2=O)c1. The van der Waals surface area contributed by atoms with Gasteiger partial charge in [0.05, 0.1) is 28.2 Å². The third-order valence-electron chi connectivity index (χ3n) is 5.26. The molecule has 4 rings (SSSR count). The van der Waals surface area contributed by atoms with Gasteiger partial charge in [0.1, 0.15) is 5.82 Å². The average Bonchev–Trinajstić information content (AvgIpc) is 2.87. The molecule has 7 heteroatoms. The second-order valence-corrected chi connectivity index (χ2v) is 7.65. The maximum atomic E-state index is 13.5. The molecule has 3 aromatic carbocycles. The van der Waals surface area contributed by atoms with Crippen molar-refractivity contribution in [3.63, 3.8) is 0 Å². The quantitative estimate of drug-likeness (QED) is 0.445. The van der Waals surface area contributed by atoms with Crippen LogP contribution in [0.1, 0.15) is 23.4 Å². The lowest BCUT2D eigenvalue weighted by Crippen LogP contribution is -2.23. The number of para-hydroxylation sites is 1. The number of benzene rings is 3. The van der Waals surface area contributed by atoms with Gasteiger partial charge >= 0.3 is 0 Å². The van der Waals surface area contributed by atoms with Crippen molar-refractivity contribution in [3.05, 3.63) is 100 Å². The Hall–Kier alpha value is -4.54. The van der Waals surface area contributed by atoms with Gasteiger partial charge in [-0.15, -0.1) is 0 Å². The van der Waals surface area contributed by atoms with Gasteiger partial charge in [0.15, 0.2) is 0 Å². The van der Waals surface area contributed by atoms with Crippen LogP contribution in [0.3, 0.4) is 0 Å². The Morgan fingerprint density at radius 2 is 1.85 bits per heavy atom. The number of nitriles is 1. The summed E-state index contributed by atoms with van der Waals surface area (Å²) in [5, 5.41) is 15.3. The Morgan fingerprint density at radius 1 is 1.06 bits per heavy atom. The van der Waals surface area contributed by atoms with Crippen LogP contribution in [0, 0.1) is 11.3 Å². The first-order valence-corrected chi connectivity index (χ1v) is 10.8. The van der Waals surface area contributed by atoms with E-state index in [0.717, 1.165) is 5.56 Å². The minimum absolute atomic E-state index is 0.114. The van der Waals surface area contributed by atoms with Crippen LogP contribution in [0.5, 0.6) is 0 Å². The second-order valence-electron chi connectivity index (χ2n) is 7.65. The van der Waals surface area contributed by atoms with Crippen LogP contribution in [0.15, 0.2) is 77.6 Å². The summed E-state index contributed by atoms with van der Waals surface area (Å²) in [5.74, 6) is 0.336. The van der Waals surface area contributed by atoms with Gasteiger partial charge in [-0.05, 0) is 61.2 Å². The molecular formula is C27H23N5O2. The predicted molar refractivity (Wildman–Crippen MR) is 135 cm³/mol. The fraction of sp³-hybridized carbons (Fsp3) is 0.111. The van der Waals surface area contributed by atoms with Gasteiger partial charge in [0, 0.05) is 18.7 Å². The smallest absolute Gasteiger partial charge is 0.266 e. The predicted octanol–water partition coefficient (Wildman–Crippen LogP) is 3.98. The first-order chi connectivity index (χ1) is 16.6. The Morgan fingerprint density at radius 3 is 2.62 bits per heavy atom. The van der Waals surface area contributed by atoms with Gasteiger partial charge < -0.3 is 10.6 Å². The largest absolute Gasteiger partial charge is 0.326 e. The fourth-order valence-corrected chi connectivity index (χ4v) is 3.54. The standard InChI is InChI=1S/C27H23N5O2/c1-29-16-15-26(33)30-21-5-4-6-22(17-21)32-25(14-13-19-9-11-20(18-28)12-10-19)31-24-8-3-2-7-23(24)27(32)34/h2-14,17,29H,15-16H2,1H3,(H,30,33)/b14-13+. The van der Waals surface area contributed by atoms with Crippen molar-refractivity contribution in [2.24, 2.45) is 0 Å². The molecule has 0 radical (unpaired) electrons. The number of aromatic nitrogens is 2. The van der Waals surface area contributed by atoms with Crippen molar-refractivity contribution in [2.75, 3.05) is 18.9 Å². The summed E-state index contributed by atoms with van der Waals surface area (Å²) in [6.45, 7) is 0.573. The molecule has 0 aliphatic carbocycles. The number of fused-ring (bicyclic) bond motifs is 1. The Balaban J connectivity index is 1.78. The van der Waals surface area contributed by atoms with Crippen LogP contribution in [-0.4, -0.2) is 29.1 Å². The van der Waals surface area contributed by atoms with E-state index in [1.165, 1.54) is 4.57 Å². The molecule has 0 fully saturated rings. The summed E-state index contributed by atoms with van der Waals surface area (Å²) >= 11 is 0. The Kier molecular flexibility index (Phi) is 6.92. The lowest BCUT2D eigenvalue weighted by Gasteiger charge is -2.13. The average molecular weight is 450 g/mol. The van der Waals surface area contributed by atoms with Gasteiger partial charge in [-0.1, -0.05) is 36.4 Å². The summed E-state index contributed by atoms with van der Waals surface area (Å²) < 4.78 is 1.53. The molecule has 1 aromatic heterocycles. The molecule has 4 aromatic rings. The minimum Gasteiger partial charge on any atom is -0.326 e. The number of carbonyl (C=O) groups is 1. The number of nitrogens with zero attached hydrogens (tertiary/aromatic N) is 3. The maximum Gasteiger partial charge on any atom is 0.266 e. The van der Waals surface area contributed by atoms with Crippen LogP contribution in [0.2, 0.25) is 0 Å². The van der Waals surface area contributed by atoms with E-state index in [1.807, 2.05) is 24.3 Å². The fourth-order valence-electron chi connectivity index (χ4n) is 3.54. The molecule has 168 valence electrons. The normalized spacial score (nSPS) is 10.9. The van der Waals surface area contributed by atoms with Gasteiger partial charge in [0.2, 0.25) is 5.91 Å². The number of amides is 1. The van der Waals surface area contributed by atoms with Crippen molar-refractivity contribution in [3.8, 4) is 11.8 Å². The highest BCUT2D eigenvalue weighted by Crippen LogP contribution is 2.19. The van der Waals surface area contributed by atoms with E-state index in [4.69, 9.17) is 10.2 Å². The van der Waals surface area contributed by atoms with Gasteiger partial charge in [0.25, 0.3) is 5.56 Å². The van der Waals surface area contributed by atoms with Gasteiger partial charge in [-0.25, -0.2) is 4.98 Å². The number of carbonyl (C=O) groups excluding carboxylic acids is 1. The summed E-state index contributed by atoms with van der Waals surface area (Å²) in [4.78, 5) is 30.4. The maximum absolute atomic E-state index is 13.5. The third-order valence-corrected chi connectivity index (χ3v) is 5.26. The van der Waals surface area contributed by atoms with E-state index < -0.39 is 0 Å². The molecule has 0 spiro atoms. The molecule has 2 N–H and O–H groups in total.